The molecule has 1 saturated heterocycles. The van der Waals surface area contributed by atoms with Crippen molar-refractivity contribution < 1.29 is 9.26 Å². The minimum Gasteiger partial charge on any atom is -0.381 e. The van der Waals surface area contributed by atoms with Gasteiger partial charge in [-0.05, 0) is 24.2 Å². The van der Waals surface area contributed by atoms with Crippen molar-refractivity contribution in [2.45, 2.75) is 52.5 Å². The zero-order chi connectivity index (χ0) is 13.9. The van der Waals surface area contributed by atoms with E-state index in [1.54, 1.807) is 0 Å². The van der Waals surface area contributed by atoms with Crippen molar-refractivity contribution >= 4 is 0 Å². The van der Waals surface area contributed by atoms with Crippen LogP contribution >= 0.6 is 0 Å². The molecule has 1 fully saturated rings. The van der Waals surface area contributed by atoms with E-state index in [9.17, 15) is 0 Å². The average molecular weight is 267 g/mol. The van der Waals surface area contributed by atoms with E-state index < -0.39 is 0 Å². The first-order valence-corrected chi connectivity index (χ1v) is 7.07. The molecule has 0 amide bonds. The Balaban J connectivity index is 1.83. The largest absolute Gasteiger partial charge is 0.381 e. The van der Waals surface area contributed by atoms with Crippen LogP contribution in [0.2, 0.25) is 0 Å². The summed E-state index contributed by atoms with van der Waals surface area (Å²) in [4.78, 5) is 4.43. The summed E-state index contributed by atoms with van der Waals surface area (Å²) in [7, 11) is 0. The zero-order valence-corrected chi connectivity index (χ0v) is 12.2. The van der Waals surface area contributed by atoms with Gasteiger partial charge in [-0.15, -0.1) is 0 Å². The molecule has 0 saturated carbocycles. The predicted octanol–water partition coefficient (Wildman–Crippen LogP) is 1.95. The Bertz CT molecular complexity index is 392. The minimum absolute atomic E-state index is 0.0723. The molecule has 0 aromatic carbocycles. The van der Waals surface area contributed by atoms with Crippen molar-refractivity contribution in [1.29, 1.82) is 0 Å². The van der Waals surface area contributed by atoms with Gasteiger partial charge in [0, 0.05) is 32.1 Å². The topological polar surface area (TPSA) is 74.2 Å². The maximum atomic E-state index is 6.12. The van der Waals surface area contributed by atoms with Crippen LogP contribution in [0.4, 0.5) is 0 Å². The van der Waals surface area contributed by atoms with Crippen LogP contribution in [-0.2, 0) is 17.6 Å². The maximum absolute atomic E-state index is 6.12. The van der Waals surface area contributed by atoms with Crippen molar-refractivity contribution in [2.75, 3.05) is 13.2 Å². The van der Waals surface area contributed by atoms with Gasteiger partial charge in [0.15, 0.2) is 5.82 Å². The summed E-state index contributed by atoms with van der Waals surface area (Å²) in [6, 6.07) is 0.0723. The molecule has 0 spiro atoms. The van der Waals surface area contributed by atoms with Crippen LogP contribution in [0.1, 0.15) is 45.3 Å². The first-order chi connectivity index (χ1) is 8.92. The standard InChI is InChI=1S/C14H25N3O2/c1-14(2,3)8-11(15)7-13-16-12(17-19-13)6-10-4-5-18-9-10/h10-11H,4-9,15H2,1-3H3. The van der Waals surface area contributed by atoms with Crippen LogP contribution < -0.4 is 5.73 Å². The Hall–Kier alpha value is -0.940. The zero-order valence-electron chi connectivity index (χ0n) is 12.2. The fourth-order valence-electron chi connectivity index (χ4n) is 2.54. The van der Waals surface area contributed by atoms with Gasteiger partial charge in [0.25, 0.3) is 0 Å². The van der Waals surface area contributed by atoms with Crippen LogP contribution in [0.3, 0.4) is 0 Å². The number of hydrogen-bond donors (Lipinski definition) is 1. The molecule has 0 aliphatic carbocycles. The molecule has 2 atom stereocenters. The number of nitrogens with two attached hydrogens (primary N) is 1. The number of aromatic nitrogens is 2. The third-order valence-electron chi connectivity index (χ3n) is 3.32. The molecule has 2 rings (SSSR count). The van der Waals surface area contributed by atoms with Gasteiger partial charge in [0.05, 0.1) is 0 Å². The molecule has 108 valence electrons. The van der Waals surface area contributed by atoms with Crippen molar-refractivity contribution in [2.24, 2.45) is 17.1 Å². The van der Waals surface area contributed by atoms with Crippen molar-refractivity contribution in [3.05, 3.63) is 11.7 Å². The molecule has 1 aromatic heterocycles. The highest BCUT2D eigenvalue weighted by Gasteiger charge is 2.21. The normalized spacial score (nSPS) is 21.8. The highest BCUT2D eigenvalue weighted by atomic mass is 16.5. The predicted molar refractivity (Wildman–Crippen MR) is 72.7 cm³/mol. The number of hydrogen-bond acceptors (Lipinski definition) is 5. The summed E-state index contributed by atoms with van der Waals surface area (Å²) in [6.07, 6.45) is 3.54. The molecule has 2 unspecified atom stereocenters. The SMILES string of the molecule is CC(C)(C)CC(N)Cc1nc(CC2CCOC2)no1. The second-order valence-corrected chi connectivity index (χ2v) is 6.77. The average Bonchev–Trinajstić information content (AvgIpc) is 2.88. The molecule has 0 radical (unpaired) electrons. The summed E-state index contributed by atoms with van der Waals surface area (Å²) in [5.74, 6) is 1.98. The Morgan fingerprint density at radius 2 is 2.21 bits per heavy atom. The summed E-state index contributed by atoms with van der Waals surface area (Å²) in [5.41, 5.74) is 6.34. The Kier molecular flexibility index (Phi) is 4.58. The lowest BCUT2D eigenvalue weighted by atomic mass is 9.87. The summed E-state index contributed by atoms with van der Waals surface area (Å²) in [6.45, 7) is 8.23. The lowest BCUT2D eigenvalue weighted by Gasteiger charge is -2.21. The van der Waals surface area contributed by atoms with E-state index >= 15 is 0 Å². The van der Waals surface area contributed by atoms with Crippen LogP contribution in [0.15, 0.2) is 4.52 Å². The van der Waals surface area contributed by atoms with Gasteiger partial charge in [0.1, 0.15) is 0 Å². The molecule has 19 heavy (non-hydrogen) atoms. The Labute approximate surface area is 114 Å². The van der Waals surface area contributed by atoms with Crippen molar-refractivity contribution in [1.82, 2.24) is 10.1 Å². The Morgan fingerprint density at radius 3 is 2.84 bits per heavy atom. The van der Waals surface area contributed by atoms with E-state index in [0.29, 0.717) is 18.2 Å². The fourth-order valence-corrected chi connectivity index (χ4v) is 2.54. The summed E-state index contributed by atoms with van der Waals surface area (Å²) >= 11 is 0. The summed E-state index contributed by atoms with van der Waals surface area (Å²) < 4.78 is 10.6. The van der Waals surface area contributed by atoms with Crippen molar-refractivity contribution in [3.8, 4) is 0 Å². The second kappa shape index (κ2) is 6.01. The van der Waals surface area contributed by atoms with Crippen LogP contribution in [0.5, 0.6) is 0 Å². The Morgan fingerprint density at radius 1 is 1.42 bits per heavy atom. The van der Waals surface area contributed by atoms with Gasteiger partial charge in [0.2, 0.25) is 5.89 Å². The van der Waals surface area contributed by atoms with Gasteiger partial charge < -0.3 is 15.0 Å². The molecule has 5 heteroatoms. The molecule has 1 aliphatic rings. The molecule has 2 N–H and O–H groups in total. The third-order valence-corrected chi connectivity index (χ3v) is 3.32. The quantitative estimate of drug-likeness (QED) is 0.882. The van der Waals surface area contributed by atoms with E-state index in [1.165, 1.54) is 0 Å². The fraction of sp³-hybridized carbons (Fsp3) is 0.857. The smallest absolute Gasteiger partial charge is 0.228 e. The second-order valence-electron chi connectivity index (χ2n) is 6.77. The van der Waals surface area contributed by atoms with Crippen LogP contribution in [-0.4, -0.2) is 29.4 Å². The highest BCUT2D eigenvalue weighted by molar-refractivity contribution is 4.92. The van der Waals surface area contributed by atoms with Crippen molar-refractivity contribution in [3.63, 3.8) is 0 Å². The molecular formula is C14H25N3O2. The molecule has 1 aromatic rings. The lowest BCUT2D eigenvalue weighted by molar-refractivity contribution is 0.185. The van der Waals surface area contributed by atoms with Gasteiger partial charge >= 0.3 is 0 Å². The first-order valence-electron chi connectivity index (χ1n) is 7.07. The van der Waals surface area contributed by atoms with E-state index in [2.05, 4.69) is 30.9 Å². The molecule has 2 heterocycles. The molecular weight excluding hydrogens is 242 g/mol. The van der Waals surface area contributed by atoms with E-state index in [1.807, 2.05) is 0 Å². The van der Waals surface area contributed by atoms with E-state index in [-0.39, 0.29) is 11.5 Å². The lowest BCUT2D eigenvalue weighted by Crippen LogP contribution is -2.28. The number of rotatable bonds is 5. The third kappa shape index (κ3) is 4.91. The van der Waals surface area contributed by atoms with Gasteiger partial charge in [-0.2, -0.15) is 4.98 Å². The van der Waals surface area contributed by atoms with Gasteiger partial charge in [-0.3, -0.25) is 0 Å². The maximum Gasteiger partial charge on any atom is 0.228 e. The molecule has 0 bridgehead atoms. The van der Waals surface area contributed by atoms with E-state index in [0.717, 1.165) is 38.3 Å². The first kappa shape index (κ1) is 14.5. The van der Waals surface area contributed by atoms with Crippen LogP contribution in [0.25, 0.3) is 0 Å². The number of nitrogens with zero attached hydrogens (tertiary/aromatic N) is 2. The molecule has 5 nitrogen and oxygen atoms in total. The number of ether oxygens (including phenoxy) is 1. The van der Waals surface area contributed by atoms with Gasteiger partial charge in [-0.1, -0.05) is 25.9 Å². The summed E-state index contributed by atoms with van der Waals surface area (Å²) in [5, 5.41) is 4.03. The minimum atomic E-state index is 0.0723. The molecule has 1 aliphatic heterocycles. The van der Waals surface area contributed by atoms with Gasteiger partial charge in [-0.25, -0.2) is 0 Å². The van der Waals surface area contributed by atoms with Crippen LogP contribution in [0, 0.1) is 11.3 Å². The highest BCUT2D eigenvalue weighted by Crippen LogP contribution is 2.21. The monoisotopic (exact) mass is 267 g/mol. The van der Waals surface area contributed by atoms with E-state index in [4.69, 9.17) is 15.0 Å².